The monoisotopic (exact) mass is 316 g/mol. The van der Waals surface area contributed by atoms with Gasteiger partial charge in [-0.2, -0.15) is 0 Å². The Bertz CT molecular complexity index is 797. The van der Waals surface area contributed by atoms with Crippen LogP contribution in [0.4, 0.5) is 10.1 Å². The summed E-state index contributed by atoms with van der Waals surface area (Å²) in [6, 6.07) is 5.18. The van der Waals surface area contributed by atoms with Gasteiger partial charge in [0.05, 0.1) is 5.69 Å². The molecule has 2 rings (SSSR count). The van der Waals surface area contributed by atoms with Crippen LogP contribution >= 0.6 is 11.6 Å². The minimum atomic E-state index is -4.04. The molecule has 0 aliphatic heterocycles. The van der Waals surface area contributed by atoms with E-state index in [4.69, 9.17) is 11.6 Å². The fraction of sp³-hybridized carbons (Fsp3) is 0.0833. The van der Waals surface area contributed by atoms with Gasteiger partial charge in [-0.1, -0.05) is 23.7 Å². The normalized spacial score (nSPS) is 11.3. The van der Waals surface area contributed by atoms with Gasteiger partial charge in [-0.3, -0.25) is 9.52 Å². The smallest absolute Gasteiger partial charge is 0.266 e. The van der Waals surface area contributed by atoms with Crippen LogP contribution in [0, 0.1) is 12.7 Å². The molecule has 20 heavy (non-hydrogen) atoms. The summed E-state index contributed by atoms with van der Waals surface area (Å²) in [6.45, 7) is 1.57. The summed E-state index contributed by atoms with van der Waals surface area (Å²) in [7, 11) is -4.04. The first-order valence-corrected chi connectivity index (χ1v) is 7.33. The van der Waals surface area contributed by atoms with Crippen molar-refractivity contribution in [3.05, 3.63) is 57.2 Å². The maximum atomic E-state index is 13.6. The Labute approximate surface area is 119 Å². The number of pyridine rings is 1. The molecule has 0 spiro atoms. The first-order valence-electron chi connectivity index (χ1n) is 5.47. The number of nitrogens with one attached hydrogen (secondary N) is 2. The number of rotatable bonds is 3. The van der Waals surface area contributed by atoms with Crippen molar-refractivity contribution in [2.75, 3.05) is 4.72 Å². The van der Waals surface area contributed by atoms with E-state index in [-0.39, 0.29) is 15.6 Å². The van der Waals surface area contributed by atoms with E-state index >= 15 is 0 Å². The van der Waals surface area contributed by atoms with Gasteiger partial charge in [0.15, 0.2) is 0 Å². The molecule has 0 amide bonds. The van der Waals surface area contributed by atoms with Gasteiger partial charge < -0.3 is 4.98 Å². The number of hydrogen-bond donors (Lipinski definition) is 2. The molecule has 0 saturated carbocycles. The van der Waals surface area contributed by atoms with Crippen molar-refractivity contribution in [2.45, 2.75) is 11.8 Å². The molecule has 0 radical (unpaired) electrons. The summed E-state index contributed by atoms with van der Waals surface area (Å²) in [5, 5.41) is -0.266. The van der Waals surface area contributed by atoms with Crippen molar-refractivity contribution in [1.82, 2.24) is 4.98 Å². The zero-order valence-electron chi connectivity index (χ0n) is 10.3. The molecule has 0 fully saturated rings. The number of benzene rings is 1. The molecular weight excluding hydrogens is 307 g/mol. The van der Waals surface area contributed by atoms with E-state index < -0.39 is 21.4 Å². The number of halogens is 2. The van der Waals surface area contributed by atoms with Crippen LogP contribution in [0.15, 0.2) is 40.2 Å². The van der Waals surface area contributed by atoms with Crippen molar-refractivity contribution in [3.63, 3.8) is 0 Å². The Balaban J connectivity index is 2.46. The molecule has 0 saturated heterocycles. The summed E-state index contributed by atoms with van der Waals surface area (Å²) in [4.78, 5) is 13.0. The molecule has 0 unspecified atom stereocenters. The quantitative estimate of drug-likeness (QED) is 0.911. The number of anilines is 1. The highest BCUT2D eigenvalue weighted by atomic mass is 35.5. The minimum absolute atomic E-state index is 0.144. The third kappa shape index (κ3) is 2.83. The molecule has 2 aromatic rings. The molecule has 2 N–H and O–H groups in total. The average Bonchev–Trinajstić information content (AvgIpc) is 2.37. The number of para-hydroxylation sites is 1. The van der Waals surface area contributed by atoms with Crippen molar-refractivity contribution in [3.8, 4) is 0 Å². The largest absolute Gasteiger partial charge is 0.326 e. The van der Waals surface area contributed by atoms with Crippen molar-refractivity contribution in [1.29, 1.82) is 0 Å². The van der Waals surface area contributed by atoms with Crippen LogP contribution in [0.5, 0.6) is 0 Å². The van der Waals surface area contributed by atoms with E-state index in [9.17, 15) is 17.6 Å². The zero-order chi connectivity index (χ0) is 14.9. The van der Waals surface area contributed by atoms with Crippen LogP contribution in [0.25, 0.3) is 0 Å². The highest BCUT2D eigenvalue weighted by molar-refractivity contribution is 7.92. The molecular formula is C12H10ClFN2O3S. The standard InChI is InChI=1S/C12H10ClFN2O3S/c1-7-3-2-4-10(14)11(7)16-20(18,19)8-5-9(13)12(17)15-6-8/h2-6,16H,1H3,(H,15,17). The average molecular weight is 317 g/mol. The molecule has 0 aliphatic rings. The lowest BCUT2D eigenvalue weighted by atomic mass is 10.2. The van der Waals surface area contributed by atoms with Crippen LogP contribution in [-0.2, 0) is 10.0 Å². The molecule has 5 nitrogen and oxygen atoms in total. The van der Waals surface area contributed by atoms with Crippen LogP contribution in [-0.4, -0.2) is 13.4 Å². The van der Waals surface area contributed by atoms with Crippen molar-refractivity contribution < 1.29 is 12.8 Å². The SMILES string of the molecule is Cc1cccc(F)c1NS(=O)(=O)c1c[nH]c(=O)c(Cl)c1. The van der Waals surface area contributed by atoms with E-state index in [1.54, 1.807) is 13.0 Å². The summed E-state index contributed by atoms with van der Waals surface area (Å²) in [6.07, 6.45) is 0.993. The lowest BCUT2D eigenvalue weighted by Gasteiger charge is -2.11. The Morgan fingerprint density at radius 2 is 2.05 bits per heavy atom. The Morgan fingerprint density at radius 1 is 1.35 bits per heavy atom. The summed E-state index contributed by atoms with van der Waals surface area (Å²) >= 11 is 5.58. The van der Waals surface area contributed by atoms with E-state index in [1.807, 2.05) is 0 Å². The van der Waals surface area contributed by atoms with Gasteiger partial charge in [-0.15, -0.1) is 0 Å². The first-order chi connectivity index (χ1) is 9.31. The fourth-order valence-corrected chi connectivity index (χ4v) is 2.92. The Morgan fingerprint density at radius 3 is 2.65 bits per heavy atom. The van der Waals surface area contributed by atoms with Crippen molar-refractivity contribution in [2.24, 2.45) is 0 Å². The lowest BCUT2D eigenvalue weighted by Crippen LogP contribution is -2.17. The molecule has 0 aliphatic carbocycles. The third-order valence-electron chi connectivity index (χ3n) is 2.60. The predicted octanol–water partition coefficient (Wildman–Crippen LogP) is 2.28. The number of aromatic amines is 1. The molecule has 1 aromatic carbocycles. The molecule has 0 atom stereocenters. The van der Waals surface area contributed by atoms with Crippen LogP contribution in [0.2, 0.25) is 5.02 Å². The molecule has 106 valence electrons. The zero-order valence-corrected chi connectivity index (χ0v) is 11.8. The molecule has 1 heterocycles. The predicted molar refractivity (Wildman–Crippen MR) is 74.0 cm³/mol. The summed E-state index contributed by atoms with van der Waals surface area (Å²) < 4.78 is 40.0. The van der Waals surface area contributed by atoms with E-state index in [1.165, 1.54) is 6.07 Å². The van der Waals surface area contributed by atoms with Gasteiger partial charge in [-0.05, 0) is 24.6 Å². The van der Waals surface area contributed by atoms with Gasteiger partial charge in [0.1, 0.15) is 15.7 Å². The second-order valence-corrected chi connectivity index (χ2v) is 6.14. The second-order valence-electron chi connectivity index (χ2n) is 4.05. The molecule has 0 bridgehead atoms. The van der Waals surface area contributed by atoms with Gasteiger partial charge in [0.25, 0.3) is 15.6 Å². The molecule has 8 heteroatoms. The second kappa shape index (κ2) is 5.26. The summed E-state index contributed by atoms with van der Waals surface area (Å²) in [5.41, 5.74) is -0.313. The molecule has 1 aromatic heterocycles. The Kier molecular flexibility index (Phi) is 3.82. The third-order valence-corrected chi connectivity index (χ3v) is 4.21. The van der Waals surface area contributed by atoms with E-state index in [0.717, 1.165) is 18.3 Å². The summed E-state index contributed by atoms with van der Waals surface area (Å²) in [5.74, 6) is -0.691. The van der Waals surface area contributed by atoms with Crippen LogP contribution < -0.4 is 10.3 Å². The fourth-order valence-electron chi connectivity index (χ4n) is 1.55. The van der Waals surface area contributed by atoms with Crippen molar-refractivity contribution >= 4 is 27.3 Å². The topological polar surface area (TPSA) is 79.0 Å². The minimum Gasteiger partial charge on any atom is -0.326 e. The number of aryl methyl sites for hydroxylation is 1. The van der Waals surface area contributed by atoms with Gasteiger partial charge in [-0.25, -0.2) is 12.8 Å². The van der Waals surface area contributed by atoms with Gasteiger partial charge in [0.2, 0.25) is 0 Å². The van der Waals surface area contributed by atoms with E-state index in [0.29, 0.717) is 5.56 Å². The van der Waals surface area contributed by atoms with E-state index in [2.05, 4.69) is 9.71 Å². The van der Waals surface area contributed by atoms with Gasteiger partial charge in [0, 0.05) is 6.20 Å². The number of H-pyrrole nitrogens is 1. The number of aromatic nitrogens is 1. The first kappa shape index (κ1) is 14.5. The highest BCUT2D eigenvalue weighted by Gasteiger charge is 2.18. The highest BCUT2D eigenvalue weighted by Crippen LogP contribution is 2.22. The Hall–Kier alpha value is -1.86. The van der Waals surface area contributed by atoms with Crippen LogP contribution in [0.3, 0.4) is 0 Å². The van der Waals surface area contributed by atoms with Gasteiger partial charge >= 0.3 is 0 Å². The lowest BCUT2D eigenvalue weighted by molar-refractivity contribution is 0.598. The van der Waals surface area contributed by atoms with Crippen LogP contribution in [0.1, 0.15) is 5.56 Å². The maximum absolute atomic E-state index is 13.6. The number of hydrogen-bond acceptors (Lipinski definition) is 3. The number of sulfonamides is 1. The maximum Gasteiger partial charge on any atom is 0.266 e.